The fourth-order valence-corrected chi connectivity index (χ4v) is 5.88. The van der Waals surface area contributed by atoms with Crippen molar-refractivity contribution in [1.82, 2.24) is 20.4 Å². The number of carbonyl (C=O) groups is 6. The number of halogens is 6. The summed E-state index contributed by atoms with van der Waals surface area (Å²) in [6.07, 6.45) is -7.85. The van der Waals surface area contributed by atoms with Gasteiger partial charge in [-0.3, -0.25) is 39.4 Å². The molecule has 51 heavy (non-hydrogen) atoms. The summed E-state index contributed by atoms with van der Waals surface area (Å²) >= 11 is 0. The lowest BCUT2D eigenvalue weighted by Crippen LogP contribution is -2.46. The van der Waals surface area contributed by atoms with Gasteiger partial charge in [0.25, 0.3) is 23.6 Å². The number of hydrogen-bond acceptors (Lipinski definition) is 9. The van der Waals surface area contributed by atoms with Crippen molar-refractivity contribution in [3.63, 3.8) is 0 Å². The zero-order valence-corrected chi connectivity index (χ0v) is 26.8. The highest BCUT2D eigenvalue weighted by molar-refractivity contribution is 6.24. The number of nitrogens with zero attached hydrogens (tertiary/aromatic N) is 2. The van der Waals surface area contributed by atoms with Crippen molar-refractivity contribution in [2.45, 2.75) is 38.0 Å². The monoisotopic (exact) mass is 728 g/mol. The van der Waals surface area contributed by atoms with E-state index in [1.165, 1.54) is 0 Å². The second-order valence-corrected chi connectivity index (χ2v) is 12.1. The minimum atomic E-state index is -4.84. The van der Waals surface area contributed by atoms with Gasteiger partial charge in [0.05, 0.1) is 22.3 Å². The van der Waals surface area contributed by atoms with Crippen LogP contribution in [-0.2, 0) is 9.59 Å². The third-order valence-electron chi connectivity index (χ3n) is 8.69. The molecule has 6 amide bonds. The second-order valence-electron chi connectivity index (χ2n) is 12.1. The zero-order valence-electron chi connectivity index (χ0n) is 26.8. The largest absolute Gasteiger partial charge is 0.471 e. The summed E-state index contributed by atoms with van der Waals surface area (Å²) < 4.78 is 73.2. The number of aliphatic hydroxyl groups is 1. The normalized spacial score (nSPS) is 17.7. The third kappa shape index (κ3) is 9.33. The standard InChI is InChI=1S/C16H16F3N3O3.C8H12F3NO2.C8H6N2O2/c17-16(18,19)15(25)22-6-4-9(5-7-22)8-20-11-3-1-2-10-12(11)14(24)21-13(10)23;9-8(10,11)7(14)12-3-1-6(5-13)2-4-12;9-5-3-1-2-4-6(5)8(12)10-7(4)11/h1-3,9,20H,4-8H2,(H,21,23,24);6,13H,1-5H2;1-3H,9H2,(H,10,11,12). The maximum absolute atomic E-state index is 12.4. The van der Waals surface area contributed by atoms with Crippen LogP contribution in [0.1, 0.15) is 67.1 Å². The Kier molecular flexibility index (Phi) is 11.9. The van der Waals surface area contributed by atoms with E-state index >= 15 is 0 Å². The average Bonchev–Trinajstić information content (AvgIpc) is 3.56. The van der Waals surface area contributed by atoms with E-state index in [4.69, 9.17) is 10.8 Å². The van der Waals surface area contributed by atoms with Gasteiger partial charge in [-0.1, -0.05) is 12.1 Å². The first-order valence-electron chi connectivity index (χ1n) is 15.7. The lowest BCUT2D eigenvalue weighted by atomic mass is 9.96. The Balaban J connectivity index is 0.000000189. The third-order valence-corrected chi connectivity index (χ3v) is 8.69. The van der Waals surface area contributed by atoms with Crippen LogP contribution in [0.5, 0.6) is 0 Å². The molecule has 0 bridgehead atoms. The molecule has 276 valence electrons. The van der Waals surface area contributed by atoms with Gasteiger partial charge in [-0.05, 0) is 61.8 Å². The Morgan fingerprint density at radius 2 is 1.14 bits per heavy atom. The number of anilines is 2. The van der Waals surface area contributed by atoms with Gasteiger partial charge < -0.3 is 26.0 Å². The summed E-state index contributed by atoms with van der Waals surface area (Å²) in [5.41, 5.74) is 7.63. The number of imide groups is 2. The molecule has 0 aromatic heterocycles. The molecule has 0 radical (unpaired) electrons. The van der Waals surface area contributed by atoms with Crippen LogP contribution in [0, 0.1) is 11.8 Å². The SMILES string of the molecule is Nc1cccc2c1C(=O)NC2=O.O=C(N1CCC(CO)CC1)C(F)(F)F.O=C1NC(=O)c2c(NCC3CCN(C(=O)C(F)(F)F)CC3)cccc21. The first-order valence-corrected chi connectivity index (χ1v) is 15.7. The van der Waals surface area contributed by atoms with Crippen molar-refractivity contribution in [3.05, 3.63) is 58.7 Å². The summed E-state index contributed by atoms with van der Waals surface area (Å²) in [5, 5.41) is 16.2. The number of nitrogens with one attached hydrogen (secondary N) is 3. The summed E-state index contributed by atoms with van der Waals surface area (Å²) in [7, 11) is 0. The smallest absolute Gasteiger partial charge is 0.398 e. The number of aliphatic hydroxyl groups excluding tert-OH is 1. The fourth-order valence-electron chi connectivity index (χ4n) is 5.88. The van der Waals surface area contributed by atoms with E-state index in [0.717, 1.165) is 9.80 Å². The number of hydrogen-bond donors (Lipinski definition) is 5. The van der Waals surface area contributed by atoms with Crippen LogP contribution in [0.3, 0.4) is 0 Å². The number of rotatable bonds is 4. The molecule has 19 heteroatoms. The van der Waals surface area contributed by atoms with Crippen LogP contribution in [0.25, 0.3) is 0 Å². The Bertz CT molecular complexity index is 1680. The second kappa shape index (κ2) is 15.8. The highest BCUT2D eigenvalue weighted by Gasteiger charge is 2.44. The highest BCUT2D eigenvalue weighted by Crippen LogP contribution is 2.28. The number of alkyl halides is 6. The van der Waals surface area contributed by atoms with Crippen LogP contribution in [-0.4, -0.2) is 102 Å². The van der Waals surface area contributed by atoms with Crippen LogP contribution >= 0.6 is 0 Å². The molecule has 6 rings (SSSR count). The average molecular weight is 729 g/mol. The summed E-state index contributed by atoms with van der Waals surface area (Å²) in [6, 6.07) is 9.71. The maximum Gasteiger partial charge on any atom is 0.471 e. The molecular formula is C32H34F6N6O7. The van der Waals surface area contributed by atoms with Crippen LogP contribution in [0.2, 0.25) is 0 Å². The van der Waals surface area contributed by atoms with E-state index in [1.807, 2.05) is 0 Å². The molecule has 0 atom stereocenters. The molecule has 4 aliphatic rings. The minimum absolute atomic E-state index is 0.0198. The quantitative estimate of drug-likeness (QED) is 0.179. The number of fused-ring (bicyclic) bond motifs is 2. The Morgan fingerprint density at radius 3 is 1.59 bits per heavy atom. The predicted octanol–water partition coefficient (Wildman–Crippen LogP) is 2.71. The Morgan fingerprint density at radius 1 is 0.706 bits per heavy atom. The zero-order chi connectivity index (χ0) is 37.7. The highest BCUT2D eigenvalue weighted by atomic mass is 19.4. The van der Waals surface area contributed by atoms with Gasteiger partial charge >= 0.3 is 24.2 Å². The number of nitrogen functional groups attached to an aromatic ring is 1. The molecule has 0 spiro atoms. The molecule has 2 fully saturated rings. The number of carbonyl (C=O) groups excluding carboxylic acids is 6. The molecule has 2 saturated heterocycles. The maximum atomic E-state index is 12.4. The van der Waals surface area contributed by atoms with Gasteiger partial charge in [0, 0.05) is 50.7 Å². The molecule has 4 aliphatic heterocycles. The molecule has 0 saturated carbocycles. The van der Waals surface area contributed by atoms with Crippen LogP contribution in [0.4, 0.5) is 37.7 Å². The first kappa shape index (κ1) is 38.6. The number of benzene rings is 2. The van der Waals surface area contributed by atoms with Crippen molar-refractivity contribution in [3.8, 4) is 0 Å². The van der Waals surface area contributed by atoms with E-state index in [2.05, 4.69) is 16.0 Å². The van der Waals surface area contributed by atoms with Gasteiger partial charge in [0.15, 0.2) is 0 Å². The molecule has 0 aliphatic carbocycles. The summed E-state index contributed by atoms with van der Waals surface area (Å²) in [6.45, 7) is 0.709. The predicted molar refractivity (Wildman–Crippen MR) is 167 cm³/mol. The Hall–Kier alpha value is -5.20. The topological polar surface area (TPSA) is 191 Å². The molecule has 13 nitrogen and oxygen atoms in total. The van der Waals surface area contributed by atoms with Crippen LogP contribution < -0.4 is 21.7 Å². The molecule has 4 heterocycles. The van der Waals surface area contributed by atoms with Gasteiger partial charge in [0.1, 0.15) is 0 Å². The van der Waals surface area contributed by atoms with Gasteiger partial charge in [0.2, 0.25) is 0 Å². The van der Waals surface area contributed by atoms with E-state index in [0.29, 0.717) is 60.3 Å². The van der Waals surface area contributed by atoms with Crippen LogP contribution in [0.15, 0.2) is 36.4 Å². The number of amides is 6. The Labute approximate surface area is 286 Å². The van der Waals surface area contributed by atoms with E-state index in [-0.39, 0.29) is 56.1 Å². The van der Waals surface area contributed by atoms with E-state index in [9.17, 15) is 55.1 Å². The number of nitrogens with two attached hydrogens (primary N) is 1. The molecule has 2 aromatic rings. The lowest BCUT2D eigenvalue weighted by molar-refractivity contribution is -0.186. The minimum Gasteiger partial charge on any atom is -0.398 e. The van der Waals surface area contributed by atoms with Crippen molar-refractivity contribution in [1.29, 1.82) is 0 Å². The van der Waals surface area contributed by atoms with Crippen molar-refractivity contribution in [2.24, 2.45) is 11.8 Å². The van der Waals surface area contributed by atoms with Gasteiger partial charge in [-0.25, -0.2) is 0 Å². The van der Waals surface area contributed by atoms with E-state index < -0.39 is 41.9 Å². The summed E-state index contributed by atoms with van der Waals surface area (Å²) in [5.74, 6) is -5.14. The van der Waals surface area contributed by atoms with E-state index in [1.54, 1.807) is 36.4 Å². The number of likely N-dealkylation sites (tertiary alicyclic amines) is 2. The van der Waals surface area contributed by atoms with Crippen molar-refractivity contribution in [2.75, 3.05) is 50.4 Å². The molecule has 0 unspecified atom stereocenters. The molecule has 2 aromatic carbocycles. The van der Waals surface area contributed by atoms with Crippen molar-refractivity contribution < 1.29 is 60.2 Å². The first-order chi connectivity index (χ1) is 23.9. The molecule has 6 N–H and O–H groups in total. The lowest BCUT2D eigenvalue weighted by Gasteiger charge is -2.32. The van der Waals surface area contributed by atoms with Gasteiger partial charge in [-0.15, -0.1) is 0 Å². The molecular weight excluding hydrogens is 694 g/mol. The summed E-state index contributed by atoms with van der Waals surface area (Å²) in [4.78, 5) is 69.2. The van der Waals surface area contributed by atoms with Crippen molar-refractivity contribution >= 4 is 46.8 Å². The number of piperidine rings is 2. The van der Waals surface area contributed by atoms with Gasteiger partial charge in [-0.2, -0.15) is 26.3 Å². The fraction of sp³-hybridized carbons (Fsp3) is 0.438.